The van der Waals surface area contributed by atoms with E-state index in [1.165, 1.54) is 0 Å². The van der Waals surface area contributed by atoms with Gasteiger partial charge >= 0.3 is 6.09 Å². The number of hydrogen-bond donors (Lipinski definition) is 1. The van der Waals surface area contributed by atoms with Gasteiger partial charge in [-0.1, -0.05) is 0 Å². The first-order chi connectivity index (χ1) is 7.43. The van der Waals surface area contributed by atoms with Gasteiger partial charge in [0.1, 0.15) is 5.60 Å². The lowest BCUT2D eigenvalue weighted by atomic mass is 10.1. The Morgan fingerprint density at radius 2 is 1.71 bits per heavy atom. The smallest absolute Gasteiger partial charge is 0.410 e. The molecule has 0 spiro atoms. The van der Waals surface area contributed by atoms with Crippen LogP contribution in [0.4, 0.5) is 4.79 Å². The monoisotopic (exact) mass is 242 g/mol. The van der Waals surface area contributed by atoms with Crippen LogP contribution in [-0.4, -0.2) is 34.2 Å². The molecule has 1 aliphatic rings. The average Bonchev–Trinajstić information content (AvgIpc) is 2.75. The first-order valence-electron chi connectivity index (χ1n) is 6.23. The zero-order valence-corrected chi connectivity index (χ0v) is 12.0. The van der Waals surface area contributed by atoms with E-state index in [9.17, 15) is 4.79 Å². The van der Waals surface area contributed by atoms with Gasteiger partial charge in [-0.3, -0.25) is 0 Å². The minimum atomic E-state index is -0.466. The minimum Gasteiger partial charge on any atom is -0.444 e. The molecule has 4 nitrogen and oxygen atoms in total. The van der Waals surface area contributed by atoms with Crippen LogP contribution in [0.15, 0.2) is 0 Å². The third-order valence-corrected chi connectivity index (χ3v) is 2.79. The first kappa shape index (κ1) is 14.3. The van der Waals surface area contributed by atoms with Gasteiger partial charge in [0.15, 0.2) is 0 Å². The van der Waals surface area contributed by atoms with Gasteiger partial charge < -0.3 is 15.4 Å². The molecular formula is C13H26N2O2. The Morgan fingerprint density at radius 3 is 2.00 bits per heavy atom. The zero-order chi connectivity index (χ0) is 13.5. The van der Waals surface area contributed by atoms with Crippen LogP contribution < -0.4 is 5.73 Å². The van der Waals surface area contributed by atoms with E-state index in [0.717, 1.165) is 12.8 Å². The topological polar surface area (TPSA) is 55.6 Å². The molecule has 0 bridgehead atoms. The molecule has 1 aliphatic carbocycles. The van der Waals surface area contributed by atoms with Crippen molar-refractivity contribution < 1.29 is 9.53 Å². The van der Waals surface area contributed by atoms with Gasteiger partial charge in [0.2, 0.25) is 0 Å². The SMILES string of the molecule is CC(C)(C)OC(=O)N(CC1(N)CC1)C(C)(C)C. The number of nitrogens with two attached hydrogens (primary N) is 1. The van der Waals surface area contributed by atoms with E-state index in [2.05, 4.69) is 0 Å². The van der Waals surface area contributed by atoms with Crippen LogP contribution in [0.1, 0.15) is 54.4 Å². The second kappa shape index (κ2) is 4.16. The van der Waals surface area contributed by atoms with Crippen molar-refractivity contribution in [1.29, 1.82) is 0 Å². The van der Waals surface area contributed by atoms with Crippen LogP contribution in [0.5, 0.6) is 0 Å². The number of carbonyl (C=O) groups excluding carboxylic acids is 1. The number of hydrogen-bond acceptors (Lipinski definition) is 3. The van der Waals surface area contributed by atoms with E-state index in [0.29, 0.717) is 6.54 Å². The number of carbonyl (C=O) groups is 1. The number of ether oxygens (including phenoxy) is 1. The second-order valence-corrected chi connectivity index (χ2v) is 7.10. The summed E-state index contributed by atoms with van der Waals surface area (Å²) in [5, 5.41) is 0. The highest BCUT2D eigenvalue weighted by molar-refractivity contribution is 5.69. The molecule has 2 N–H and O–H groups in total. The van der Waals surface area contributed by atoms with Gasteiger partial charge in [-0.05, 0) is 54.4 Å². The predicted molar refractivity (Wildman–Crippen MR) is 68.8 cm³/mol. The Morgan fingerprint density at radius 1 is 1.24 bits per heavy atom. The lowest BCUT2D eigenvalue weighted by molar-refractivity contribution is 0.00382. The summed E-state index contributed by atoms with van der Waals surface area (Å²) in [5.41, 5.74) is 5.17. The molecule has 0 aromatic rings. The van der Waals surface area contributed by atoms with Gasteiger partial charge in [0.05, 0.1) is 0 Å². The van der Waals surface area contributed by atoms with Gasteiger partial charge in [-0.2, -0.15) is 0 Å². The second-order valence-electron chi connectivity index (χ2n) is 7.10. The summed E-state index contributed by atoms with van der Waals surface area (Å²) in [4.78, 5) is 13.9. The summed E-state index contributed by atoms with van der Waals surface area (Å²) in [6.45, 7) is 12.2. The van der Waals surface area contributed by atoms with Crippen LogP contribution in [-0.2, 0) is 4.74 Å². The molecule has 0 saturated heterocycles. The van der Waals surface area contributed by atoms with Crippen molar-refractivity contribution in [2.24, 2.45) is 5.73 Å². The summed E-state index contributed by atoms with van der Waals surface area (Å²) in [5.74, 6) is 0. The maximum atomic E-state index is 12.2. The van der Waals surface area contributed by atoms with Gasteiger partial charge in [-0.15, -0.1) is 0 Å². The standard InChI is InChI=1S/C13H26N2O2/c1-11(2,3)15(9-13(14)7-8-13)10(16)17-12(4,5)6/h7-9,14H2,1-6H3. The van der Waals surface area contributed by atoms with Crippen LogP contribution in [0.2, 0.25) is 0 Å². The zero-order valence-electron chi connectivity index (χ0n) is 12.0. The van der Waals surface area contributed by atoms with Crippen molar-refractivity contribution in [3.63, 3.8) is 0 Å². The molecule has 1 amide bonds. The van der Waals surface area contributed by atoms with Crippen molar-refractivity contribution >= 4 is 6.09 Å². The Labute approximate surface area is 104 Å². The average molecular weight is 242 g/mol. The summed E-state index contributed by atoms with van der Waals surface area (Å²) in [7, 11) is 0. The Kier molecular flexibility index (Phi) is 3.50. The molecular weight excluding hydrogens is 216 g/mol. The molecule has 100 valence electrons. The summed E-state index contributed by atoms with van der Waals surface area (Å²) < 4.78 is 5.43. The van der Waals surface area contributed by atoms with E-state index >= 15 is 0 Å². The molecule has 0 aliphatic heterocycles. The Hall–Kier alpha value is -0.770. The van der Waals surface area contributed by atoms with E-state index < -0.39 is 5.60 Å². The van der Waals surface area contributed by atoms with Crippen molar-refractivity contribution in [2.75, 3.05) is 6.54 Å². The molecule has 0 aromatic carbocycles. The van der Waals surface area contributed by atoms with Crippen LogP contribution >= 0.6 is 0 Å². The van der Waals surface area contributed by atoms with Crippen LogP contribution in [0.25, 0.3) is 0 Å². The summed E-state index contributed by atoms with van der Waals surface area (Å²) >= 11 is 0. The largest absolute Gasteiger partial charge is 0.444 e. The number of rotatable bonds is 2. The maximum Gasteiger partial charge on any atom is 0.410 e. The predicted octanol–water partition coefficient (Wildman–Crippen LogP) is 2.51. The van der Waals surface area contributed by atoms with Crippen molar-refractivity contribution in [2.45, 2.75) is 71.1 Å². The van der Waals surface area contributed by atoms with Gasteiger partial charge in [-0.25, -0.2) is 4.79 Å². The van der Waals surface area contributed by atoms with Crippen molar-refractivity contribution in [1.82, 2.24) is 4.90 Å². The molecule has 0 radical (unpaired) electrons. The molecule has 1 rings (SSSR count). The molecule has 1 fully saturated rings. The molecule has 0 atom stereocenters. The van der Waals surface area contributed by atoms with Crippen LogP contribution in [0.3, 0.4) is 0 Å². The fraction of sp³-hybridized carbons (Fsp3) is 0.923. The van der Waals surface area contributed by atoms with E-state index in [4.69, 9.17) is 10.5 Å². The normalized spacial score (nSPS) is 18.8. The molecule has 1 saturated carbocycles. The Bertz CT molecular complexity index is 296. The summed E-state index contributed by atoms with van der Waals surface area (Å²) in [6.07, 6.45) is 1.70. The van der Waals surface area contributed by atoms with Crippen molar-refractivity contribution in [3.8, 4) is 0 Å². The number of amides is 1. The third-order valence-electron chi connectivity index (χ3n) is 2.79. The van der Waals surface area contributed by atoms with E-state index in [-0.39, 0.29) is 17.2 Å². The molecule has 17 heavy (non-hydrogen) atoms. The lowest BCUT2D eigenvalue weighted by Crippen LogP contribution is -2.53. The summed E-state index contributed by atoms with van der Waals surface area (Å²) in [6, 6.07) is 0. The van der Waals surface area contributed by atoms with Gasteiger partial charge in [0.25, 0.3) is 0 Å². The fourth-order valence-corrected chi connectivity index (χ4v) is 1.53. The first-order valence-corrected chi connectivity index (χ1v) is 6.23. The van der Waals surface area contributed by atoms with E-state index in [1.807, 2.05) is 41.5 Å². The third kappa shape index (κ3) is 4.54. The maximum absolute atomic E-state index is 12.2. The van der Waals surface area contributed by atoms with Crippen LogP contribution in [0, 0.1) is 0 Å². The van der Waals surface area contributed by atoms with E-state index in [1.54, 1.807) is 4.90 Å². The fourth-order valence-electron chi connectivity index (χ4n) is 1.53. The molecule has 0 unspecified atom stereocenters. The highest BCUT2D eigenvalue weighted by Gasteiger charge is 2.44. The molecule has 0 heterocycles. The van der Waals surface area contributed by atoms with Gasteiger partial charge in [0, 0.05) is 17.6 Å². The highest BCUT2D eigenvalue weighted by atomic mass is 16.6. The molecule has 0 aromatic heterocycles. The quantitative estimate of drug-likeness (QED) is 0.809. The Balaban J connectivity index is 2.73. The van der Waals surface area contributed by atoms with Crippen molar-refractivity contribution in [3.05, 3.63) is 0 Å². The lowest BCUT2D eigenvalue weighted by Gasteiger charge is -2.38. The molecule has 4 heteroatoms. The minimum absolute atomic E-state index is 0.190. The number of nitrogens with zero attached hydrogens (tertiary/aromatic N) is 1. The highest BCUT2D eigenvalue weighted by Crippen LogP contribution is 2.35.